The minimum atomic E-state index is -0.237. The average molecular weight is 213 g/mol. The monoisotopic (exact) mass is 213 g/mol. The molecule has 1 amide bonds. The molecule has 0 atom stereocenters. The maximum absolute atomic E-state index is 10.5. The summed E-state index contributed by atoms with van der Waals surface area (Å²) < 4.78 is 2.76. The lowest BCUT2D eigenvalue weighted by molar-refractivity contribution is -0.118. The number of hydrogen-bond donors (Lipinski definition) is 2. The Morgan fingerprint density at radius 3 is 2.86 bits per heavy atom. The van der Waals surface area contributed by atoms with Gasteiger partial charge in [-0.05, 0) is 32.0 Å². The van der Waals surface area contributed by atoms with Crippen LogP contribution in [-0.2, 0) is 11.3 Å². The molecule has 5 heteroatoms. The summed E-state index contributed by atoms with van der Waals surface area (Å²) in [6.07, 6.45) is 4.09. The zero-order valence-electron chi connectivity index (χ0n) is 8.25. The van der Waals surface area contributed by atoms with Crippen molar-refractivity contribution < 1.29 is 4.79 Å². The van der Waals surface area contributed by atoms with Gasteiger partial charge in [0.15, 0.2) is 4.77 Å². The van der Waals surface area contributed by atoms with Gasteiger partial charge in [-0.15, -0.1) is 0 Å². The van der Waals surface area contributed by atoms with Crippen LogP contribution in [0, 0.1) is 11.7 Å². The van der Waals surface area contributed by atoms with Crippen molar-refractivity contribution in [3.05, 3.63) is 16.7 Å². The van der Waals surface area contributed by atoms with E-state index in [-0.39, 0.29) is 5.91 Å². The van der Waals surface area contributed by atoms with Gasteiger partial charge in [-0.1, -0.05) is 0 Å². The summed E-state index contributed by atoms with van der Waals surface area (Å²) in [4.78, 5) is 13.5. The molecular formula is C9H15N3OS. The largest absolute Gasteiger partial charge is 0.370 e. The topological polar surface area (TPSA) is 63.8 Å². The van der Waals surface area contributed by atoms with Crippen LogP contribution < -0.4 is 5.73 Å². The number of aryl methyl sites for hydroxylation is 1. The van der Waals surface area contributed by atoms with Gasteiger partial charge in [0.25, 0.3) is 0 Å². The number of hydrogen-bond acceptors (Lipinski definition) is 2. The summed E-state index contributed by atoms with van der Waals surface area (Å²) >= 11 is 5.09. The van der Waals surface area contributed by atoms with E-state index in [0.717, 1.165) is 29.9 Å². The van der Waals surface area contributed by atoms with Gasteiger partial charge in [-0.25, -0.2) is 0 Å². The lowest BCUT2D eigenvalue weighted by atomic mass is 10.2. The van der Waals surface area contributed by atoms with Crippen LogP contribution in [0.4, 0.5) is 0 Å². The Hall–Kier alpha value is -1.10. The molecule has 78 valence electrons. The van der Waals surface area contributed by atoms with Crippen molar-refractivity contribution in [2.24, 2.45) is 5.73 Å². The second-order valence-corrected chi connectivity index (χ2v) is 3.70. The van der Waals surface area contributed by atoms with Crippen LogP contribution >= 0.6 is 12.2 Å². The maximum Gasteiger partial charge on any atom is 0.217 e. The van der Waals surface area contributed by atoms with Crippen molar-refractivity contribution in [1.82, 2.24) is 9.55 Å². The van der Waals surface area contributed by atoms with Gasteiger partial charge in [0, 0.05) is 24.9 Å². The van der Waals surface area contributed by atoms with Crippen molar-refractivity contribution in [3.63, 3.8) is 0 Å². The molecule has 0 spiro atoms. The molecule has 3 N–H and O–H groups in total. The van der Waals surface area contributed by atoms with Crippen molar-refractivity contribution in [2.45, 2.75) is 32.7 Å². The Kier molecular flexibility index (Phi) is 3.88. The first kappa shape index (κ1) is 11.0. The predicted octanol–water partition coefficient (Wildman–Crippen LogP) is 1.51. The predicted molar refractivity (Wildman–Crippen MR) is 57.4 cm³/mol. The first-order valence-corrected chi connectivity index (χ1v) is 5.05. The Morgan fingerprint density at radius 2 is 2.36 bits per heavy atom. The minimum Gasteiger partial charge on any atom is -0.370 e. The number of aromatic amines is 1. The van der Waals surface area contributed by atoms with E-state index in [1.807, 2.05) is 17.7 Å². The number of carbonyl (C=O) groups excluding carboxylic acids is 1. The van der Waals surface area contributed by atoms with E-state index in [1.165, 1.54) is 0 Å². The fourth-order valence-electron chi connectivity index (χ4n) is 1.33. The molecule has 0 aromatic carbocycles. The van der Waals surface area contributed by atoms with Crippen LogP contribution in [0.1, 0.15) is 25.0 Å². The molecule has 1 rings (SSSR count). The Balaban J connectivity index is 2.38. The summed E-state index contributed by atoms with van der Waals surface area (Å²) in [5.74, 6) is -0.237. The van der Waals surface area contributed by atoms with Gasteiger partial charge in [-0.3, -0.25) is 4.79 Å². The van der Waals surface area contributed by atoms with Crippen molar-refractivity contribution in [2.75, 3.05) is 0 Å². The van der Waals surface area contributed by atoms with E-state index in [4.69, 9.17) is 18.0 Å². The van der Waals surface area contributed by atoms with Crippen LogP contribution in [0.2, 0.25) is 0 Å². The number of imidazole rings is 1. The number of amides is 1. The van der Waals surface area contributed by atoms with Crippen molar-refractivity contribution in [3.8, 4) is 0 Å². The van der Waals surface area contributed by atoms with Gasteiger partial charge >= 0.3 is 0 Å². The Morgan fingerprint density at radius 1 is 1.64 bits per heavy atom. The number of nitrogens with one attached hydrogen (secondary N) is 1. The highest BCUT2D eigenvalue weighted by Gasteiger charge is 1.99. The molecule has 1 aromatic heterocycles. The first-order valence-electron chi connectivity index (χ1n) is 4.64. The number of nitrogens with two attached hydrogens (primary N) is 1. The zero-order valence-corrected chi connectivity index (χ0v) is 9.06. The molecule has 1 aromatic rings. The van der Waals surface area contributed by atoms with Crippen molar-refractivity contribution in [1.29, 1.82) is 0 Å². The molecule has 0 radical (unpaired) electrons. The third-order valence-electron chi connectivity index (χ3n) is 2.13. The lowest BCUT2D eigenvalue weighted by Crippen LogP contribution is -2.10. The molecule has 1 heterocycles. The second-order valence-electron chi connectivity index (χ2n) is 3.31. The van der Waals surface area contributed by atoms with Gasteiger partial charge in [0.2, 0.25) is 5.91 Å². The van der Waals surface area contributed by atoms with E-state index in [2.05, 4.69) is 4.98 Å². The van der Waals surface area contributed by atoms with Crippen LogP contribution in [0.25, 0.3) is 0 Å². The molecule has 0 aliphatic carbocycles. The lowest BCUT2D eigenvalue weighted by Gasteiger charge is -2.03. The highest BCUT2D eigenvalue weighted by molar-refractivity contribution is 7.71. The highest BCUT2D eigenvalue weighted by Crippen LogP contribution is 2.04. The highest BCUT2D eigenvalue weighted by atomic mass is 32.1. The number of carbonyl (C=O) groups is 1. The minimum absolute atomic E-state index is 0.237. The van der Waals surface area contributed by atoms with Gasteiger partial charge in [0.05, 0.1) is 0 Å². The number of primary amides is 1. The van der Waals surface area contributed by atoms with E-state index < -0.39 is 0 Å². The quantitative estimate of drug-likeness (QED) is 0.575. The van der Waals surface area contributed by atoms with E-state index in [1.54, 1.807) is 0 Å². The molecule has 4 nitrogen and oxygen atoms in total. The summed E-state index contributed by atoms with van der Waals surface area (Å²) in [6.45, 7) is 2.85. The van der Waals surface area contributed by atoms with Crippen LogP contribution in [0.3, 0.4) is 0 Å². The summed E-state index contributed by atoms with van der Waals surface area (Å²) in [7, 11) is 0. The van der Waals surface area contributed by atoms with Crippen molar-refractivity contribution >= 4 is 18.1 Å². The molecular weight excluding hydrogens is 198 g/mol. The number of rotatable bonds is 5. The molecule has 0 saturated carbocycles. The normalized spacial score (nSPS) is 10.4. The molecule has 0 aliphatic rings. The molecule has 14 heavy (non-hydrogen) atoms. The van der Waals surface area contributed by atoms with E-state index in [0.29, 0.717) is 6.42 Å². The fraction of sp³-hybridized carbons (Fsp3) is 0.556. The standard InChI is InChI=1S/C9H15N3OS/c1-7-6-11-9(14)12(7)5-3-2-4-8(10)13/h6H,2-5H2,1H3,(H2,10,13)(H,11,14). The fourth-order valence-corrected chi connectivity index (χ4v) is 1.62. The third kappa shape index (κ3) is 2.99. The summed E-state index contributed by atoms with van der Waals surface area (Å²) in [6, 6.07) is 0. The SMILES string of the molecule is Cc1c[nH]c(=S)n1CCCCC(N)=O. The molecule has 0 aliphatic heterocycles. The van der Waals surface area contributed by atoms with Gasteiger partial charge < -0.3 is 15.3 Å². The molecule has 0 saturated heterocycles. The van der Waals surface area contributed by atoms with E-state index >= 15 is 0 Å². The van der Waals surface area contributed by atoms with Crippen LogP contribution in [-0.4, -0.2) is 15.5 Å². The smallest absolute Gasteiger partial charge is 0.217 e. The molecule has 0 bridgehead atoms. The molecule has 0 unspecified atom stereocenters. The van der Waals surface area contributed by atoms with Gasteiger partial charge in [-0.2, -0.15) is 0 Å². The number of aromatic nitrogens is 2. The number of nitrogens with zero attached hydrogens (tertiary/aromatic N) is 1. The Labute approximate surface area is 88.1 Å². The Bertz CT molecular complexity index is 366. The molecule has 0 fully saturated rings. The number of unbranched alkanes of at least 4 members (excludes halogenated alkanes) is 1. The van der Waals surface area contributed by atoms with E-state index in [9.17, 15) is 4.79 Å². The summed E-state index contributed by atoms with van der Waals surface area (Å²) in [5.41, 5.74) is 6.16. The van der Waals surface area contributed by atoms with Crippen LogP contribution in [0.5, 0.6) is 0 Å². The van der Waals surface area contributed by atoms with Crippen LogP contribution in [0.15, 0.2) is 6.20 Å². The van der Waals surface area contributed by atoms with Gasteiger partial charge in [0.1, 0.15) is 0 Å². The third-order valence-corrected chi connectivity index (χ3v) is 2.47. The summed E-state index contributed by atoms with van der Waals surface area (Å²) in [5, 5.41) is 0. The second kappa shape index (κ2) is 4.95. The maximum atomic E-state index is 10.5. The zero-order chi connectivity index (χ0) is 10.6. The average Bonchev–Trinajstić information content (AvgIpc) is 2.42. The number of H-pyrrole nitrogens is 1. The first-order chi connectivity index (χ1) is 6.61.